The van der Waals surface area contributed by atoms with Crippen molar-refractivity contribution in [1.29, 1.82) is 0 Å². The lowest BCUT2D eigenvalue weighted by Crippen LogP contribution is -1.93. The van der Waals surface area contributed by atoms with E-state index in [-0.39, 0.29) is 0 Å². The third-order valence-electron chi connectivity index (χ3n) is 4.84. The average molecular weight is 383 g/mol. The van der Waals surface area contributed by atoms with Crippen molar-refractivity contribution in [3.63, 3.8) is 0 Å². The summed E-state index contributed by atoms with van der Waals surface area (Å²) in [5.74, 6) is 7.08. The molecule has 4 nitrogen and oxygen atoms in total. The van der Waals surface area contributed by atoms with E-state index >= 15 is 0 Å². The van der Waals surface area contributed by atoms with Gasteiger partial charge in [-0.3, -0.25) is 5.10 Å². The molecular formula is C23H17N3OS. The molecule has 0 spiro atoms. The van der Waals surface area contributed by atoms with Crippen LogP contribution in [0.3, 0.4) is 0 Å². The predicted octanol–water partition coefficient (Wildman–Crippen LogP) is 4.72. The highest BCUT2D eigenvalue weighted by Gasteiger charge is 2.26. The van der Waals surface area contributed by atoms with Crippen molar-refractivity contribution in [3.8, 4) is 40.1 Å². The van der Waals surface area contributed by atoms with Crippen LogP contribution in [-0.4, -0.2) is 16.8 Å². The molecule has 0 amide bonds. The molecule has 0 atom stereocenters. The number of nitrogens with two attached hydrogens (primary N) is 1. The molecule has 136 valence electrons. The summed E-state index contributed by atoms with van der Waals surface area (Å²) in [5, 5.41) is 9.85. The minimum absolute atomic E-state index is 0.365. The van der Waals surface area contributed by atoms with Crippen molar-refractivity contribution in [3.05, 3.63) is 76.0 Å². The van der Waals surface area contributed by atoms with Crippen LogP contribution in [0.4, 0.5) is 5.69 Å². The highest BCUT2D eigenvalue weighted by atomic mass is 32.1. The van der Waals surface area contributed by atoms with E-state index in [0.717, 1.165) is 45.2 Å². The number of anilines is 1. The number of para-hydroxylation sites is 1. The van der Waals surface area contributed by atoms with Gasteiger partial charge in [-0.25, -0.2) is 0 Å². The van der Waals surface area contributed by atoms with Crippen molar-refractivity contribution in [2.45, 2.75) is 6.42 Å². The Morgan fingerprint density at radius 2 is 2.00 bits per heavy atom. The Morgan fingerprint density at radius 3 is 2.89 bits per heavy atom. The van der Waals surface area contributed by atoms with Crippen molar-refractivity contribution in [2.75, 3.05) is 12.3 Å². The number of fused-ring (bicyclic) bond motifs is 3. The van der Waals surface area contributed by atoms with Crippen LogP contribution in [0.15, 0.2) is 60.0 Å². The first-order valence-corrected chi connectivity index (χ1v) is 9.88. The fourth-order valence-corrected chi connectivity index (χ4v) is 4.26. The zero-order chi connectivity index (χ0) is 18.9. The molecule has 0 saturated heterocycles. The van der Waals surface area contributed by atoms with Gasteiger partial charge in [-0.15, -0.1) is 11.3 Å². The lowest BCUT2D eigenvalue weighted by molar-refractivity contribution is 0.370. The highest BCUT2D eigenvalue weighted by Crippen LogP contribution is 2.42. The third kappa shape index (κ3) is 2.94. The van der Waals surface area contributed by atoms with E-state index in [9.17, 15) is 0 Å². The van der Waals surface area contributed by atoms with Crippen LogP contribution in [0.25, 0.3) is 22.5 Å². The standard InChI is InChI=1S/C23H17N3OS/c24-21-10-4-9-18-19(21)13-20-22(25-26-23(18)20)15-12-17(28-14-15)8-5-11-27-16-6-2-1-3-7-16/h1-4,6-7,9-10,12,14H,11,13,24H2,(H,25,26). The SMILES string of the molecule is Nc1cccc2c1Cc1c(-c3csc(C#CCOc4ccccc4)c3)n[nH]c1-2. The Bertz CT molecular complexity index is 1210. The summed E-state index contributed by atoms with van der Waals surface area (Å²) in [4.78, 5) is 0.999. The summed E-state index contributed by atoms with van der Waals surface area (Å²) >= 11 is 1.62. The number of nitrogens with zero attached hydrogens (tertiary/aromatic N) is 1. The number of nitrogens with one attached hydrogen (secondary N) is 1. The van der Waals surface area contributed by atoms with Crippen molar-refractivity contribution in [2.24, 2.45) is 0 Å². The maximum absolute atomic E-state index is 6.15. The molecular weight excluding hydrogens is 366 g/mol. The minimum atomic E-state index is 0.365. The van der Waals surface area contributed by atoms with E-state index in [1.54, 1.807) is 11.3 Å². The van der Waals surface area contributed by atoms with E-state index < -0.39 is 0 Å². The molecule has 0 aliphatic heterocycles. The summed E-state index contributed by atoms with van der Waals surface area (Å²) < 4.78 is 5.62. The van der Waals surface area contributed by atoms with E-state index in [2.05, 4.69) is 39.6 Å². The average Bonchev–Trinajstić information content (AvgIpc) is 3.42. The van der Waals surface area contributed by atoms with E-state index in [1.165, 1.54) is 11.1 Å². The number of aromatic nitrogens is 2. The second-order valence-electron chi connectivity index (χ2n) is 6.58. The zero-order valence-corrected chi connectivity index (χ0v) is 15.8. The third-order valence-corrected chi connectivity index (χ3v) is 5.69. The van der Waals surface area contributed by atoms with Crippen LogP contribution in [0.5, 0.6) is 5.75 Å². The topological polar surface area (TPSA) is 63.9 Å². The Hall–Kier alpha value is -3.49. The molecule has 5 rings (SSSR count). The number of rotatable bonds is 3. The molecule has 0 radical (unpaired) electrons. The van der Waals surface area contributed by atoms with Gasteiger partial charge in [-0.2, -0.15) is 5.10 Å². The molecule has 0 saturated carbocycles. The van der Waals surface area contributed by atoms with Gasteiger partial charge in [0, 0.05) is 34.2 Å². The Morgan fingerprint density at radius 1 is 1.11 bits per heavy atom. The number of thiophene rings is 1. The maximum Gasteiger partial charge on any atom is 0.149 e. The van der Waals surface area contributed by atoms with Crippen LogP contribution >= 0.6 is 11.3 Å². The van der Waals surface area contributed by atoms with E-state index in [1.807, 2.05) is 42.5 Å². The van der Waals surface area contributed by atoms with E-state index in [4.69, 9.17) is 10.5 Å². The maximum atomic E-state index is 6.15. The quantitative estimate of drug-likeness (QED) is 0.350. The van der Waals surface area contributed by atoms with Crippen LogP contribution < -0.4 is 10.5 Å². The van der Waals surface area contributed by atoms with Gasteiger partial charge in [0.25, 0.3) is 0 Å². The van der Waals surface area contributed by atoms with Crippen molar-refractivity contribution < 1.29 is 4.74 Å². The molecule has 5 heteroatoms. The molecule has 1 aliphatic carbocycles. The number of aromatic amines is 1. The zero-order valence-electron chi connectivity index (χ0n) is 15.0. The smallest absolute Gasteiger partial charge is 0.149 e. The van der Waals surface area contributed by atoms with Crippen LogP contribution in [0.2, 0.25) is 0 Å². The number of ether oxygens (including phenoxy) is 1. The lowest BCUT2D eigenvalue weighted by atomic mass is 10.1. The molecule has 2 heterocycles. The van der Waals surface area contributed by atoms with E-state index in [0.29, 0.717) is 6.61 Å². The molecule has 3 N–H and O–H groups in total. The molecule has 0 bridgehead atoms. The fourth-order valence-electron chi connectivity index (χ4n) is 3.50. The molecule has 2 aromatic heterocycles. The normalized spacial score (nSPS) is 11.4. The van der Waals surface area contributed by atoms with Gasteiger partial charge in [0.1, 0.15) is 12.4 Å². The second-order valence-corrected chi connectivity index (χ2v) is 7.49. The Kier molecular flexibility index (Phi) is 4.12. The predicted molar refractivity (Wildman–Crippen MR) is 113 cm³/mol. The summed E-state index contributed by atoms with van der Waals surface area (Å²) in [6.07, 6.45) is 0.810. The van der Waals surface area contributed by atoms with Gasteiger partial charge in [0.15, 0.2) is 0 Å². The Balaban J connectivity index is 1.34. The monoisotopic (exact) mass is 383 g/mol. The van der Waals surface area contributed by atoms with Gasteiger partial charge >= 0.3 is 0 Å². The second kappa shape index (κ2) is 6.91. The van der Waals surface area contributed by atoms with Crippen LogP contribution in [0.1, 0.15) is 16.0 Å². The van der Waals surface area contributed by atoms with Gasteiger partial charge in [-0.05, 0) is 29.8 Å². The first-order chi connectivity index (χ1) is 13.8. The number of H-pyrrole nitrogens is 1. The molecule has 2 aromatic carbocycles. The summed E-state index contributed by atoms with van der Waals surface area (Å²) in [6, 6.07) is 17.8. The first-order valence-electron chi connectivity index (χ1n) is 9.00. The summed E-state index contributed by atoms with van der Waals surface area (Å²) in [7, 11) is 0. The largest absolute Gasteiger partial charge is 0.481 e. The van der Waals surface area contributed by atoms with Gasteiger partial charge in [0.2, 0.25) is 0 Å². The summed E-state index contributed by atoms with van der Waals surface area (Å²) in [6.45, 7) is 0.365. The molecule has 4 aromatic rings. The highest BCUT2D eigenvalue weighted by molar-refractivity contribution is 7.11. The molecule has 0 unspecified atom stereocenters. The Labute approximate surface area is 167 Å². The number of benzene rings is 2. The van der Waals surface area contributed by atoms with Crippen LogP contribution in [0, 0.1) is 11.8 Å². The fraction of sp³-hybridized carbons (Fsp3) is 0.0870. The molecule has 1 aliphatic rings. The first kappa shape index (κ1) is 16.7. The van der Waals surface area contributed by atoms with Gasteiger partial charge in [0.05, 0.1) is 16.3 Å². The van der Waals surface area contributed by atoms with Crippen molar-refractivity contribution in [1.82, 2.24) is 10.2 Å². The number of nitrogen functional groups attached to an aromatic ring is 1. The summed E-state index contributed by atoms with van der Waals surface area (Å²) in [5.41, 5.74) is 13.7. The van der Waals surface area contributed by atoms with Gasteiger partial charge < -0.3 is 10.5 Å². The molecule has 0 fully saturated rings. The minimum Gasteiger partial charge on any atom is -0.481 e. The lowest BCUT2D eigenvalue weighted by Gasteiger charge is -2.02. The van der Waals surface area contributed by atoms with Gasteiger partial charge in [-0.1, -0.05) is 42.2 Å². The number of hydrogen-bond donors (Lipinski definition) is 2. The van der Waals surface area contributed by atoms with Crippen molar-refractivity contribution >= 4 is 17.0 Å². The molecule has 28 heavy (non-hydrogen) atoms. The van der Waals surface area contributed by atoms with Crippen LogP contribution in [-0.2, 0) is 6.42 Å². The number of hydrogen-bond acceptors (Lipinski definition) is 4.